The number of morpholine rings is 1. The van der Waals surface area contributed by atoms with Gasteiger partial charge in [0, 0.05) is 25.2 Å². The lowest BCUT2D eigenvalue weighted by Gasteiger charge is -2.32. The van der Waals surface area contributed by atoms with Crippen LogP contribution in [0.5, 0.6) is 5.88 Å². The number of aromatic amines is 1. The summed E-state index contributed by atoms with van der Waals surface area (Å²) in [7, 11) is 1.59. The molecule has 9 nitrogen and oxygen atoms in total. The van der Waals surface area contributed by atoms with E-state index >= 15 is 0 Å². The van der Waals surface area contributed by atoms with Crippen molar-refractivity contribution in [3.05, 3.63) is 29.8 Å². The molecule has 3 aromatic rings. The van der Waals surface area contributed by atoms with Crippen molar-refractivity contribution in [1.29, 1.82) is 0 Å². The third-order valence-corrected chi connectivity index (χ3v) is 4.35. The highest BCUT2D eigenvalue weighted by Crippen LogP contribution is 2.15. The van der Waals surface area contributed by atoms with Gasteiger partial charge in [-0.1, -0.05) is 5.21 Å². The first kappa shape index (κ1) is 16.0. The summed E-state index contributed by atoms with van der Waals surface area (Å²) in [6.45, 7) is 5.93. The number of nitrogens with one attached hydrogen (secondary N) is 1. The maximum absolute atomic E-state index is 5.47. The minimum atomic E-state index is 0.398. The molecular weight excluding hydrogens is 322 g/mol. The number of hydrogen-bond acceptors (Lipinski definition) is 7. The van der Waals surface area contributed by atoms with Gasteiger partial charge < -0.3 is 14.5 Å². The summed E-state index contributed by atoms with van der Waals surface area (Å²) in [6, 6.07) is 4.11. The molecular formula is C16H21N7O2. The zero-order valence-corrected chi connectivity index (χ0v) is 14.3. The highest BCUT2D eigenvalue weighted by Gasteiger charge is 2.20. The molecule has 0 amide bonds. The van der Waals surface area contributed by atoms with Gasteiger partial charge in [-0.25, -0.2) is 9.67 Å². The monoisotopic (exact) mass is 343 g/mol. The number of imidazole rings is 1. The van der Waals surface area contributed by atoms with Gasteiger partial charge in [0.25, 0.3) is 0 Å². The Bertz CT molecular complexity index is 859. The molecule has 132 valence electrons. The third-order valence-electron chi connectivity index (χ3n) is 4.35. The molecule has 9 heteroatoms. The van der Waals surface area contributed by atoms with Gasteiger partial charge >= 0.3 is 0 Å². The van der Waals surface area contributed by atoms with Gasteiger partial charge in [-0.2, -0.15) is 4.98 Å². The van der Waals surface area contributed by atoms with Crippen LogP contribution < -0.4 is 4.74 Å². The average molecular weight is 343 g/mol. The van der Waals surface area contributed by atoms with Crippen LogP contribution in [0.1, 0.15) is 18.4 Å². The quantitative estimate of drug-likeness (QED) is 0.733. The van der Waals surface area contributed by atoms with Gasteiger partial charge in [-0.05, 0) is 13.0 Å². The summed E-state index contributed by atoms with van der Waals surface area (Å²) < 4.78 is 12.4. The second-order valence-electron chi connectivity index (χ2n) is 6.21. The van der Waals surface area contributed by atoms with E-state index in [1.807, 2.05) is 12.3 Å². The Labute approximate surface area is 145 Å². The second kappa shape index (κ2) is 6.77. The van der Waals surface area contributed by atoms with Gasteiger partial charge in [-0.15, -0.1) is 5.10 Å². The first-order valence-corrected chi connectivity index (χ1v) is 8.31. The van der Waals surface area contributed by atoms with E-state index in [0.29, 0.717) is 24.1 Å². The number of nitrogens with zero attached hydrogens (tertiary/aromatic N) is 6. The average Bonchev–Trinajstić information content (AvgIpc) is 3.22. The number of H-pyrrole nitrogens is 1. The molecule has 0 unspecified atom stereocenters. The second-order valence-corrected chi connectivity index (χ2v) is 6.21. The zero-order valence-electron chi connectivity index (χ0n) is 14.3. The van der Waals surface area contributed by atoms with Crippen LogP contribution in [0.3, 0.4) is 0 Å². The van der Waals surface area contributed by atoms with Crippen LogP contribution in [0, 0.1) is 0 Å². The lowest BCUT2D eigenvalue weighted by molar-refractivity contribution is -0.00492. The Hall–Kier alpha value is -2.52. The first-order valence-electron chi connectivity index (χ1n) is 8.31. The van der Waals surface area contributed by atoms with Crippen molar-refractivity contribution in [3.8, 4) is 5.88 Å². The number of pyridine rings is 1. The summed E-state index contributed by atoms with van der Waals surface area (Å²) in [5.74, 6) is 1.33. The van der Waals surface area contributed by atoms with E-state index in [9.17, 15) is 0 Å². The van der Waals surface area contributed by atoms with Crippen LogP contribution >= 0.6 is 0 Å². The summed E-state index contributed by atoms with van der Waals surface area (Å²) in [4.78, 5) is 14.4. The molecule has 4 rings (SSSR count). The Morgan fingerprint density at radius 3 is 3.08 bits per heavy atom. The number of fused-ring (bicyclic) bond motifs is 1. The number of aromatic nitrogens is 6. The molecule has 4 heterocycles. The Balaban J connectivity index is 1.45. The fraction of sp³-hybridized carbons (Fsp3) is 0.500. The molecule has 1 saturated heterocycles. The summed E-state index contributed by atoms with van der Waals surface area (Å²) in [5, 5.41) is 8.48. The van der Waals surface area contributed by atoms with Crippen molar-refractivity contribution in [2.45, 2.75) is 26.1 Å². The normalized spacial score (nSPS) is 18.7. The van der Waals surface area contributed by atoms with Crippen molar-refractivity contribution in [3.63, 3.8) is 0 Å². The lowest BCUT2D eigenvalue weighted by Crippen LogP contribution is -2.42. The minimum Gasteiger partial charge on any atom is -0.481 e. The molecule has 0 saturated carbocycles. The van der Waals surface area contributed by atoms with Gasteiger partial charge in [0.1, 0.15) is 12.4 Å². The van der Waals surface area contributed by atoms with Crippen molar-refractivity contribution >= 4 is 11.2 Å². The van der Waals surface area contributed by atoms with Crippen molar-refractivity contribution in [2.75, 3.05) is 26.9 Å². The molecule has 25 heavy (non-hydrogen) atoms. The van der Waals surface area contributed by atoms with Crippen LogP contribution in [-0.2, 0) is 17.8 Å². The molecule has 1 aliphatic heterocycles. The topological polar surface area (TPSA) is 94.0 Å². The SMILES string of the molecule is COc1ccc2[nH]c(Cn3cc(CN4CCOC[C@H]4C)nn3)nc2n1. The van der Waals surface area contributed by atoms with Crippen LogP contribution in [-0.4, -0.2) is 67.8 Å². The minimum absolute atomic E-state index is 0.398. The zero-order chi connectivity index (χ0) is 17.2. The third kappa shape index (κ3) is 3.47. The van der Waals surface area contributed by atoms with Gasteiger partial charge in [0.05, 0.1) is 37.7 Å². The van der Waals surface area contributed by atoms with E-state index in [2.05, 4.69) is 37.1 Å². The van der Waals surface area contributed by atoms with E-state index in [0.717, 1.165) is 43.3 Å². The number of rotatable bonds is 5. The molecule has 0 spiro atoms. The van der Waals surface area contributed by atoms with Crippen molar-refractivity contribution in [2.24, 2.45) is 0 Å². The maximum Gasteiger partial charge on any atom is 0.215 e. The molecule has 0 aromatic carbocycles. The van der Waals surface area contributed by atoms with Gasteiger partial charge in [0.2, 0.25) is 5.88 Å². The highest BCUT2D eigenvalue weighted by molar-refractivity contribution is 5.71. The Morgan fingerprint density at radius 1 is 1.32 bits per heavy atom. The molecule has 0 radical (unpaired) electrons. The smallest absolute Gasteiger partial charge is 0.215 e. The van der Waals surface area contributed by atoms with E-state index in [4.69, 9.17) is 9.47 Å². The Kier molecular flexibility index (Phi) is 4.33. The van der Waals surface area contributed by atoms with Crippen LogP contribution in [0.4, 0.5) is 0 Å². The fourth-order valence-electron chi connectivity index (χ4n) is 2.96. The fourth-order valence-corrected chi connectivity index (χ4v) is 2.96. The number of hydrogen-bond donors (Lipinski definition) is 1. The van der Waals surface area contributed by atoms with Crippen LogP contribution in [0.15, 0.2) is 18.3 Å². The highest BCUT2D eigenvalue weighted by atomic mass is 16.5. The molecule has 0 bridgehead atoms. The maximum atomic E-state index is 5.47. The molecule has 1 atom stereocenters. The summed E-state index contributed by atoms with van der Waals surface area (Å²) in [5.41, 5.74) is 2.46. The molecule has 0 aliphatic carbocycles. The van der Waals surface area contributed by atoms with Gasteiger partial charge in [-0.3, -0.25) is 4.90 Å². The largest absolute Gasteiger partial charge is 0.481 e. The predicted octanol–water partition coefficient (Wildman–Crippen LogP) is 0.827. The summed E-state index contributed by atoms with van der Waals surface area (Å²) >= 11 is 0. The Morgan fingerprint density at radius 2 is 2.24 bits per heavy atom. The van der Waals surface area contributed by atoms with E-state index in [-0.39, 0.29) is 0 Å². The first-order chi connectivity index (χ1) is 12.2. The molecule has 1 N–H and O–H groups in total. The predicted molar refractivity (Wildman–Crippen MR) is 90.3 cm³/mol. The van der Waals surface area contributed by atoms with E-state index in [1.165, 1.54) is 0 Å². The van der Waals surface area contributed by atoms with Crippen molar-refractivity contribution in [1.82, 2.24) is 34.8 Å². The van der Waals surface area contributed by atoms with E-state index < -0.39 is 0 Å². The van der Waals surface area contributed by atoms with Gasteiger partial charge in [0.15, 0.2) is 5.65 Å². The summed E-state index contributed by atoms with van der Waals surface area (Å²) in [6.07, 6.45) is 1.96. The van der Waals surface area contributed by atoms with Crippen LogP contribution in [0.2, 0.25) is 0 Å². The van der Waals surface area contributed by atoms with Crippen LogP contribution in [0.25, 0.3) is 11.2 Å². The number of ether oxygens (including phenoxy) is 2. The molecule has 1 fully saturated rings. The van der Waals surface area contributed by atoms with Crippen molar-refractivity contribution < 1.29 is 9.47 Å². The number of methoxy groups -OCH3 is 1. The lowest BCUT2D eigenvalue weighted by atomic mass is 10.2. The molecule has 1 aliphatic rings. The molecule has 3 aromatic heterocycles. The van der Waals surface area contributed by atoms with E-state index in [1.54, 1.807) is 17.9 Å². The standard InChI is InChI=1S/C16H21N7O2/c1-11-10-25-6-5-22(11)7-12-8-23(21-20-12)9-14-17-13-3-4-15(24-2)19-16(13)18-14/h3-4,8,11H,5-7,9-10H2,1-2H3,(H,17,18,19)/t11-/m1/s1.